The number of alkyl halides is 3. The first kappa shape index (κ1) is 49.3. The average Bonchev–Trinajstić information content (AvgIpc) is 3.42. The van der Waals surface area contributed by atoms with Gasteiger partial charge in [0.05, 0.1) is 37.0 Å². The number of ether oxygens (including phenoxy) is 2. The summed E-state index contributed by atoms with van der Waals surface area (Å²) in [4.78, 5) is 14.1. The quantitative estimate of drug-likeness (QED) is 0.0531. The van der Waals surface area contributed by atoms with E-state index in [4.69, 9.17) is 21.1 Å². The van der Waals surface area contributed by atoms with Gasteiger partial charge in [-0.3, -0.25) is 9.69 Å². The summed E-state index contributed by atoms with van der Waals surface area (Å²) in [5.74, 6) is -0.718. The van der Waals surface area contributed by atoms with Crippen molar-refractivity contribution in [2.24, 2.45) is 0 Å². The lowest BCUT2D eigenvalue weighted by atomic mass is 9.87. The van der Waals surface area contributed by atoms with Gasteiger partial charge < -0.3 is 25.4 Å². The molecule has 0 saturated carbocycles. The van der Waals surface area contributed by atoms with Crippen LogP contribution in [-0.4, -0.2) is 111 Å². The van der Waals surface area contributed by atoms with Crippen molar-refractivity contribution in [3.63, 3.8) is 0 Å². The van der Waals surface area contributed by atoms with E-state index in [2.05, 4.69) is 33.0 Å². The van der Waals surface area contributed by atoms with Crippen LogP contribution >= 0.6 is 23.4 Å². The minimum Gasteiger partial charge on any atom is -0.384 e. The number of sulfonamides is 1. The van der Waals surface area contributed by atoms with Crippen molar-refractivity contribution in [2.45, 2.75) is 58.3 Å². The number of allylic oxidation sites excluding steroid dienone is 1. The van der Waals surface area contributed by atoms with Crippen molar-refractivity contribution in [2.75, 3.05) is 82.1 Å². The zero-order valence-electron chi connectivity index (χ0n) is 35.2. The summed E-state index contributed by atoms with van der Waals surface area (Å²) in [6, 6.07) is 25.1. The van der Waals surface area contributed by atoms with E-state index in [1.165, 1.54) is 40.6 Å². The molecule has 1 amide bonds. The van der Waals surface area contributed by atoms with Gasteiger partial charge >= 0.3 is 5.51 Å². The third-order valence-electron chi connectivity index (χ3n) is 10.8. The van der Waals surface area contributed by atoms with Crippen LogP contribution in [0.15, 0.2) is 117 Å². The Balaban J connectivity index is 1.10. The fourth-order valence-electron chi connectivity index (χ4n) is 7.33. The van der Waals surface area contributed by atoms with Gasteiger partial charge in [0.1, 0.15) is 4.90 Å². The van der Waals surface area contributed by atoms with E-state index < -0.39 is 52.8 Å². The second kappa shape index (κ2) is 23.4. The zero-order chi connectivity index (χ0) is 45.6. The largest absolute Gasteiger partial charge is 0.501 e. The van der Waals surface area contributed by atoms with E-state index in [1.807, 2.05) is 47.2 Å². The van der Waals surface area contributed by atoms with Gasteiger partial charge in [0.2, 0.25) is 0 Å². The molecule has 19 heteroatoms. The highest BCUT2D eigenvalue weighted by Gasteiger charge is 2.48. The lowest BCUT2D eigenvalue weighted by molar-refractivity contribution is -0.0435. The molecule has 0 radical (unpaired) electrons. The Hall–Kier alpha value is -4.14. The molecule has 1 heterocycles. The summed E-state index contributed by atoms with van der Waals surface area (Å²) >= 11 is 7.52. The van der Waals surface area contributed by atoms with Crippen LogP contribution in [0.5, 0.6) is 0 Å². The Morgan fingerprint density at radius 3 is 2.20 bits per heavy atom. The first-order chi connectivity index (χ1) is 30.7. The maximum Gasteiger partial charge on any atom is 0.501 e. The van der Waals surface area contributed by atoms with Crippen LogP contribution in [0.2, 0.25) is 5.02 Å². The summed E-state index contributed by atoms with van der Waals surface area (Å²) in [6.45, 7) is 5.51. The Labute approximate surface area is 382 Å². The van der Waals surface area contributed by atoms with Crippen molar-refractivity contribution in [3.05, 3.63) is 119 Å². The number of halogens is 4. The highest BCUT2D eigenvalue weighted by Crippen LogP contribution is 2.37. The number of anilines is 2. The topological polar surface area (TPSA) is 155 Å². The Morgan fingerprint density at radius 1 is 0.828 bits per heavy atom. The molecule has 6 rings (SSSR count). The van der Waals surface area contributed by atoms with Crippen LogP contribution in [0, 0.1) is 0 Å². The SMILES string of the molecule is O=C(NS(=O)(=O)c1ccc(N[C@H](CCN2CCOCCOCC2)CSc2ccccc2)c(S(=O)(=O)C(F)(F)F)c1)c1ccc(NCCNCC2=C(c3ccc(Cl)cc3)CCCC2)cc1. The molecule has 0 spiro atoms. The number of nitrogens with zero attached hydrogens (tertiary/aromatic N) is 1. The predicted octanol–water partition coefficient (Wildman–Crippen LogP) is 8.09. The monoisotopic (exact) mass is 963 g/mol. The number of hydrogen-bond donors (Lipinski definition) is 4. The second-order valence-corrected chi connectivity index (χ2v) is 20.5. The maximum absolute atomic E-state index is 14.2. The average molecular weight is 965 g/mol. The van der Waals surface area contributed by atoms with Crippen molar-refractivity contribution >= 4 is 66.1 Å². The van der Waals surface area contributed by atoms with E-state index in [9.17, 15) is 34.8 Å². The first-order valence-electron chi connectivity index (χ1n) is 21.1. The molecule has 1 atom stereocenters. The van der Waals surface area contributed by atoms with Gasteiger partial charge in [-0.25, -0.2) is 21.6 Å². The molecule has 0 bridgehead atoms. The number of sulfone groups is 1. The van der Waals surface area contributed by atoms with Crippen molar-refractivity contribution < 1.29 is 44.3 Å². The number of benzene rings is 4. The fraction of sp³-hybridized carbons (Fsp3) is 0.400. The Morgan fingerprint density at radius 2 is 1.52 bits per heavy atom. The van der Waals surface area contributed by atoms with E-state index in [-0.39, 0.29) is 5.56 Å². The van der Waals surface area contributed by atoms with Crippen molar-refractivity contribution in [1.82, 2.24) is 14.9 Å². The molecular formula is C45H53ClF3N5O7S3. The van der Waals surface area contributed by atoms with Crippen molar-refractivity contribution in [1.29, 1.82) is 0 Å². The summed E-state index contributed by atoms with van der Waals surface area (Å²) in [5.41, 5.74) is -1.64. The Kier molecular flexibility index (Phi) is 18.0. The smallest absolute Gasteiger partial charge is 0.384 e. The maximum atomic E-state index is 14.2. The molecule has 1 aliphatic heterocycles. The molecule has 12 nitrogen and oxygen atoms in total. The molecule has 4 aromatic rings. The van der Waals surface area contributed by atoms with Gasteiger partial charge in [0, 0.05) is 72.2 Å². The normalized spacial score (nSPS) is 16.3. The number of carbonyl (C=O) groups excluding carboxylic acids is 1. The van der Waals surface area contributed by atoms with E-state index >= 15 is 0 Å². The van der Waals surface area contributed by atoms with E-state index in [0.29, 0.717) is 88.1 Å². The van der Waals surface area contributed by atoms with Crippen LogP contribution in [-0.2, 0) is 29.3 Å². The van der Waals surface area contributed by atoms with Gasteiger partial charge in [0.25, 0.3) is 25.8 Å². The van der Waals surface area contributed by atoms with Gasteiger partial charge in [-0.1, -0.05) is 47.5 Å². The number of nitrogens with one attached hydrogen (secondary N) is 4. The minimum atomic E-state index is -6.08. The third kappa shape index (κ3) is 14.2. The highest BCUT2D eigenvalue weighted by molar-refractivity contribution is 7.99. The molecule has 4 aromatic carbocycles. The molecule has 1 saturated heterocycles. The van der Waals surface area contributed by atoms with Crippen LogP contribution in [0.3, 0.4) is 0 Å². The van der Waals surface area contributed by atoms with Gasteiger partial charge in [0.15, 0.2) is 0 Å². The van der Waals surface area contributed by atoms with Crippen molar-refractivity contribution in [3.8, 4) is 0 Å². The molecular weight excluding hydrogens is 911 g/mol. The van der Waals surface area contributed by atoms with Crippen LogP contribution < -0.4 is 20.7 Å². The molecule has 4 N–H and O–H groups in total. The molecule has 64 heavy (non-hydrogen) atoms. The van der Waals surface area contributed by atoms with Gasteiger partial charge in [-0.2, -0.15) is 13.2 Å². The number of thioether (sulfide) groups is 1. The molecule has 0 aromatic heterocycles. The third-order valence-corrected chi connectivity index (χ3v) is 15.1. The van der Waals surface area contributed by atoms with Crippen LogP contribution in [0.1, 0.15) is 48.0 Å². The molecule has 0 unspecified atom stereocenters. The number of amides is 1. The molecule has 1 aliphatic carbocycles. The second-order valence-electron chi connectivity index (χ2n) is 15.3. The zero-order valence-corrected chi connectivity index (χ0v) is 38.4. The summed E-state index contributed by atoms with van der Waals surface area (Å²) < 4.78 is 109. The van der Waals surface area contributed by atoms with E-state index in [1.54, 1.807) is 12.1 Å². The van der Waals surface area contributed by atoms with E-state index in [0.717, 1.165) is 49.3 Å². The highest BCUT2D eigenvalue weighted by atomic mass is 35.5. The van der Waals surface area contributed by atoms with Crippen LogP contribution in [0.4, 0.5) is 24.5 Å². The predicted molar refractivity (Wildman–Crippen MR) is 246 cm³/mol. The molecule has 346 valence electrons. The number of rotatable bonds is 19. The molecule has 1 fully saturated rings. The summed E-state index contributed by atoms with van der Waals surface area (Å²) in [6.07, 6.45) is 4.72. The minimum absolute atomic E-state index is 0.0415. The van der Waals surface area contributed by atoms with Gasteiger partial charge in [-0.05, 0) is 110 Å². The van der Waals surface area contributed by atoms with Gasteiger partial charge in [-0.15, -0.1) is 11.8 Å². The number of hydrogen-bond acceptors (Lipinski definition) is 12. The summed E-state index contributed by atoms with van der Waals surface area (Å²) in [5, 5.41) is 10.4. The lowest BCUT2D eigenvalue weighted by Gasteiger charge is -2.26. The fourth-order valence-corrected chi connectivity index (χ4v) is 10.5. The summed E-state index contributed by atoms with van der Waals surface area (Å²) in [7, 11) is -10.9. The van der Waals surface area contributed by atoms with Crippen LogP contribution in [0.25, 0.3) is 5.57 Å². The first-order valence-corrected chi connectivity index (χ1v) is 25.4. The lowest BCUT2D eigenvalue weighted by Crippen LogP contribution is -2.35. The molecule has 2 aliphatic rings. The Bertz CT molecular complexity index is 2400. The number of carbonyl (C=O) groups is 1. The standard InChI is InChI=1S/C45H53ClF3N5O7S3/c46-36-14-10-33(11-15-36)41-9-5-4-6-35(41)31-50-21-22-51-37-16-12-34(13-17-37)44(55)53-64(58,59)40-18-19-42(43(30-40)63(56,57)45(47,48)49)52-38(32-62-39-7-2-1-3-8-39)20-23-54-24-26-60-28-29-61-27-25-54/h1-3,7-8,10-19,30,38,50-52H,4-6,9,20-29,31-32H2,(H,53,55)/t38-/m1/s1.